The summed E-state index contributed by atoms with van der Waals surface area (Å²) in [6.07, 6.45) is 0. The standard InChI is InChI=1S/C12H22N2O3S/c1-5-13(6-8(2)3)12(17)14-9(4)18-7-10(14)11(15)16/h8-10H,5-7H2,1-4H3,(H,15,16). The van der Waals surface area contributed by atoms with Crippen LogP contribution in [0, 0.1) is 5.92 Å². The van der Waals surface area contributed by atoms with Crippen LogP contribution in [-0.4, -0.2) is 57.2 Å². The Morgan fingerprint density at radius 1 is 1.50 bits per heavy atom. The number of aliphatic carboxylic acids is 1. The maximum absolute atomic E-state index is 12.4. The molecule has 2 atom stereocenters. The van der Waals surface area contributed by atoms with E-state index >= 15 is 0 Å². The van der Waals surface area contributed by atoms with Gasteiger partial charge in [0.1, 0.15) is 6.04 Å². The van der Waals surface area contributed by atoms with Crippen molar-refractivity contribution in [2.45, 2.75) is 39.1 Å². The Kier molecular flexibility index (Phi) is 5.31. The van der Waals surface area contributed by atoms with Gasteiger partial charge in [0, 0.05) is 18.8 Å². The summed E-state index contributed by atoms with van der Waals surface area (Å²) in [5, 5.41) is 9.09. The van der Waals surface area contributed by atoms with Crippen LogP contribution in [0.4, 0.5) is 4.79 Å². The van der Waals surface area contributed by atoms with E-state index in [2.05, 4.69) is 0 Å². The maximum atomic E-state index is 12.4. The first kappa shape index (κ1) is 15.1. The van der Waals surface area contributed by atoms with Crippen molar-refractivity contribution in [2.24, 2.45) is 5.92 Å². The number of carbonyl (C=O) groups excluding carboxylic acids is 1. The summed E-state index contributed by atoms with van der Waals surface area (Å²) in [5.74, 6) is -0.0647. The normalized spacial score (nSPS) is 23.5. The lowest BCUT2D eigenvalue weighted by Crippen LogP contribution is -2.51. The third-order valence-corrected chi connectivity index (χ3v) is 4.18. The Hall–Kier alpha value is -0.910. The van der Waals surface area contributed by atoms with Crippen LogP contribution < -0.4 is 0 Å². The van der Waals surface area contributed by atoms with Crippen LogP contribution in [0.3, 0.4) is 0 Å². The Morgan fingerprint density at radius 2 is 2.11 bits per heavy atom. The molecule has 2 unspecified atom stereocenters. The van der Waals surface area contributed by atoms with Crippen LogP contribution in [0.5, 0.6) is 0 Å². The number of thioether (sulfide) groups is 1. The molecule has 0 saturated carbocycles. The molecule has 1 aliphatic rings. The smallest absolute Gasteiger partial charge is 0.327 e. The fourth-order valence-corrected chi connectivity index (χ4v) is 3.23. The fraction of sp³-hybridized carbons (Fsp3) is 0.833. The van der Waals surface area contributed by atoms with Crippen molar-refractivity contribution in [3.63, 3.8) is 0 Å². The average Bonchev–Trinajstić information content (AvgIpc) is 2.66. The second-order valence-electron chi connectivity index (χ2n) is 4.91. The van der Waals surface area contributed by atoms with Crippen molar-refractivity contribution in [3.05, 3.63) is 0 Å². The third-order valence-electron chi connectivity index (χ3n) is 2.97. The number of rotatable bonds is 4. The molecule has 104 valence electrons. The van der Waals surface area contributed by atoms with E-state index in [0.717, 1.165) is 0 Å². The highest BCUT2D eigenvalue weighted by molar-refractivity contribution is 8.00. The Morgan fingerprint density at radius 3 is 2.56 bits per heavy atom. The number of amides is 2. The molecule has 0 aromatic heterocycles. The third kappa shape index (κ3) is 3.31. The zero-order chi connectivity index (χ0) is 13.9. The lowest BCUT2D eigenvalue weighted by atomic mass is 10.2. The second kappa shape index (κ2) is 6.31. The SMILES string of the molecule is CCN(CC(C)C)C(=O)N1C(C)SCC1C(=O)O. The van der Waals surface area contributed by atoms with Crippen LogP contribution >= 0.6 is 11.8 Å². The highest BCUT2D eigenvalue weighted by Crippen LogP contribution is 2.29. The zero-order valence-corrected chi connectivity index (χ0v) is 12.2. The molecular formula is C12H22N2O3S. The first-order valence-electron chi connectivity index (χ1n) is 6.30. The largest absolute Gasteiger partial charge is 0.480 e. The molecule has 1 aliphatic heterocycles. The Balaban J connectivity index is 2.81. The van der Waals surface area contributed by atoms with Crippen molar-refractivity contribution in [1.29, 1.82) is 0 Å². The van der Waals surface area contributed by atoms with Crippen molar-refractivity contribution in [2.75, 3.05) is 18.8 Å². The molecular weight excluding hydrogens is 252 g/mol. The molecule has 6 heteroatoms. The van der Waals surface area contributed by atoms with E-state index in [1.807, 2.05) is 27.7 Å². The van der Waals surface area contributed by atoms with Crippen molar-refractivity contribution in [1.82, 2.24) is 9.80 Å². The van der Waals surface area contributed by atoms with E-state index < -0.39 is 12.0 Å². The van der Waals surface area contributed by atoms with Gasteiger partial charge in [0.2, 0.25) is 0 Å². The molecule has 0 spiro atoms. The predicted molar refractivity (Wildman–Crippen MR) is 72.7 cm³/mol. The second-order valence-corrected chi connectivity index (χ2v) is 6.26. The van der Waals surface area contributed by atoms with Crippen molar-refractivity contribution >= 4 is 23.8 Å². The van der Waals surface area contributed by atoms with Crippen LogP contribution in [0.2, 0.25) is 0 Å². The number of hydrogen-bond donors (Lipinski definition) is 1. The van der Waals surface area contributed by atoms with Gasteiger partial charge >= 0.3 is 12.0 Å². The number of hydrogen-bond acceptors (Lipinski definition) is 3. The lowest BCUT2D eigenvalue weighted by molar-refractivity contribution is -0.141. The Labute approximate surface area is 113 Å². The van der Waals surface area contributed by atoms with Crippen LogP contribution in [0.25, 0.3) is 0 Å². The molecule has 1 saturated heterocycles. The van der Waals surface area contributed by atoms with E-state index in [1.54, 1.807) is 4.90 Å². The molecule has 1 heterocycles. The number of nitrogens with zero attached hydrogens (tertiary/aromatic N) is 2. The van der Waals surface area contributed by atoms with Gasteiger partial charge in [0.15, 0.2) is 0 Å². The molecule has 0 aromatic rings. The topological polar surface area (TPSA) is 60.9 Å². The van der Waals surface area contributed by atoms with Gasteiger partial charge in [-0.2, -0.15) is 0 Å². The summed E-state index contributed by atoms with van der Waals surface area (Å²) in [6, 6.07) is -0.852. The van der Waals surface area contributed by atoms with E-state index in [4.69, 9.17) is 5.11 Å². The number of carbonyl (C=O) groups is 2. The molecule has 1 rings (SSSR count). The molecule has 1 N–H and O–H groups in total. The summed E-state index contributed by atoms with van der Waals surface area (Å²) in [4.78, 5) is 26.8. The number of carboxylic acid groups (broad SMARTS) is 1. The molecule has 0 radical (unpaired) electrons. The quantitative estimate of drug-likeness (QED) is 0.851. The Bertz CT molecular complexity index is 322. The van der Waals surface area contributed by atoms with Gasteiger partial charge < -0.3 is 10.0 Å². The van der Waals surface area contributed by atoms with Crippen molar-refractivity contribution < 1.29 is 14.7 Å². The summed E-state index contributed by atoms with van der Waals surface area (Å²) in [5.41, 5.74) is 0. The summed E-state index contributed by atoms with van der Waals surface area (Å²) in [7, 11) is 0. The summed E-state index contributed by atoms with van der Waals surface area (Å²) >= 11 is 1.51. The van der Waals surface area contributed by atoms with Crippen LogP contribution in [0.1, 0.15) is 27.7 Å². The number of carboxylic acids is 1. The van der Waals surface area contributed by atoms with Gasteiger partial charge in [-0.25, -0.2) is 9.59 Å². The van der Waals surface area contributed by atoms with Crippen LogP contribution in [-0.2, 0) is 4.79 Å². The van der Waals surface area contributed by atoms with E-state index in [-0.39, 0.29) is 11.4 Å². The maximum Gasteiger partial charge on any atom is 0.327 e. The first-order chi connectivity index (χ1) is 8.38. The van der Waals surface area contributed by atoms with Crippen molar-refractivity contribution in [3.8, 4) is 0 Å². The summed E-state index contributed by atoms with van der Waals surface area (Å²) in [6.45, 7) is 9.17. The fourth-order valence-electron chi connectivity index (χ4n) is 2.07. The zero-order valence-electron chi connectivity index (χ0n) is 11.4. The van der Waals surface area contributed by atoms with Gasteiger partial charge in [-0.05, 0) is 19.8 Å². The average molecular weight is 274 g/mol. The van der Waals surface area contributed by atoms with E-state index in [1.165, 1.54) is 16.7 Å². The molecule has 0 aliphatic carbocycles. The minimum Gasteiger partial charge on any atom is -0.480 e. The highest BCUT2D eigenvalue weighted by atomic mass is 32.2. The van der Waals surface area contributed by atoms with Gasteiger partial charge in [-0.3, -0.25) is 4.90 Å². The number of urea groups is 1. The van der Waals surface area contributed by atoms with Gasteiger partial charge in [0.25, 0.3) is 0 Å². The summed E-state index contributed by atoms with van der Waals surface area (Å²) < 4.78 is 0. The van der Waals surface area contributed by atoms with Crippen LogP contribution in [0.15, 0.2) is 0 Å². The minimum atomic E-state index is -0.916. The molecule has 0 bridgehead atoms. The predicted octanol–water partition coefficient (Wildman–Crippen LogP) is 1.93. The first-order valence-corrected chi connectivity index (χ1v) is 7.35. The van der Waals surface area contributed by atoms with E-state index in [0.29, 0.717) is 24.8 Å². The van der Waals surface area contributed by atoms with Gasteiger partial charge in [-0.1, -0.05) is 13.8 Å². The van der Waals surface area contributed by atoms with Gasteiger partial charge in [0.05, 0.1) is 5.37 Å². The van der Waals surface area contributed by atoms with E-state index in [9.17, 15) is 9.59 Å². The lowest BCUT2D eigenvalue weighted by Gasteiger charge is -2.32. The molecule has 1 fully saturated rings. The molecule has 18 heavy (non-hydrogen) atoms. The highest BCUT2D eigenvalue weighted by Gasteiger charge is 2.41. The minimum absolute atomic E-state index is 0.0696. The molecule has 5 nitrogen and oxygen atoms in total. The molecule has 2 amide bonds. The molecule has 0 aromatic carbocycles. The monoisotopic (exact) mass is 274 g/mol. The van der Waals surface area contributed by atoms with Gasteiger partial charge in [-0.15, -0.1) is 11.8 Å².